The third-order valence-corrected chi connectivity index (χ3v) is 6.01. The summed E-state index contributed by atoms with van der Waals surface area (Å²) >= 11 is 1.53. The van der Waals surface area contributed by atoms with Crippen molar-refractivity contribution in [2.75, 3.05) is 26.2 Å². The van der Waals surface area contributed by atoms with Crippen LogP contribution in [-0.2, 0) is 4.79 Å². The van der Waals surface area contributed by atoms with Gasteiger partial charge in [-0.25, -0.2) is 4.98 Å². The van der Waals surface area contributed by atoms with Crippen molar-refractivity contribution in [3.63, 3.8) is 0 Å². The Bertz CT molecular complexity index is 981. The fraction of sp³-hybridized carbons (Fsp3) is 0.318. The molecule has 150 valence electrons. The number of carbonyl (C=O) groups excluding carboxylic acids is 2. The van der Waals surface area contributed by atoms with Gasteiger partial charge in [-0.2, -0.15) is 0 Å². The number of ether oxygens (including phenoxy) is 1. The molecule has 7 heteroatoms. The first-order valence-electron chi connectivity index (χ1n) is 9.76. The van der Waals surface area contributed by atoms with Crippen molar-refractivity contribution in [1.82, 2.24) is 15.2 Å². The van der Waals surface area contributed by atoms with Crippen LogP contribution < -0.4 is 10.1 Å². The standard InChI is InChI=1S/C22H23N3O3S/c26-21(14-28-18-4-2-1-3-5-18)25-10-8-16(9-11-25)13-23-22(27)17-6-7-19-20(12-17)29-15-24-19/h1-7,12,15-16H,8-11,13-14H2,(H,23,27). The van der Waals surface area contributed by atoms with Gasteiger partial charge in [0.15, 0.2) is 6.61 Å². The maximum atomic E-state index is 12.4. The summed E-state index contributed by atoms with van der Waals surface area (Å²) in [5.74, 6) is 1.03. The van der Waals surface area contributed by atoms with Gasteiger partial charge < -0.3 is 15.0 Å². The number of fused-ring (bicyclic) bond motifs is 1. The Hall–Kier alpha value is -2.93. The zero-order valence-electron chi connectivity index (χ0n) is 16.0. The number of aromatic nitrogens is 1. The lowest BCUT2D eigenvalue weighted by atomic mass is 9.96. The maximum absolute atomic E-state index is 12.4. The van der Waals surface area contributed by atoms with Gasteiger partial charge in [-0.15, -0.1) is 11.3 Å². The lowest BCUT2D eigenvalue weighted by Crippen LogP contribution is -2.43. The number of para-hydroxylation sites is 1. The van der Waals surface area contributed by atoms with E-state index >= 15 is 0 Å². The molecule has 1 N–H and O–H groups in total. The van der Waals surface area contributed by atoms with Crippen LogP contribution in [0.4, 0.5) is 0 Å². The van der Waals surface area contributed by atoms with Gasteiger partial charge >= 0.3 is 0 Å². The summed E-state index contributed by atoms with van der Waals surface area (Å²) in [6, 6.07) is 14.9. The van der Waals surface area contributed by atoms with Crippen LogP contribution in [0.15, 0.2) is 54.0 Å². The molecule has 29 heavy (non-hydrogen) atoms. The highest BCUT2D eigenvalue weighted by Crippen LogP contribution is 2.20. The highest BCUT2D eigenvalue weighted by atomic mass is 32.1. The maximum Gasteiger partial charge on any atom is 0.260 e. The summed E-state index contributed by atoms with van der Waals surface area (Å²) in [5.41, 5.74) is 3.36. The van der Waals surface area contributed by atoms with Crippen molar-refractivity contribution in [3.05, 3.63) is 59.6 Å². The lowest BCUT2D eigenvalue weighted by Gasteiger charge is -2.32. The number of thiazole rings is 1. The zero-order valence-corrected chi connectivity index (χ0v) is 16.9. The molecule has 1 aromatic heterocycles. The lowest BCUT2D eigenvalue weighted by molar-refractivity contribution is -0.134. The fourth-order valence-corrected chi connectivity index (χ4v) is 4.19. The quantitative estimate of drug-likeness (QED) is 0.678. The van der Waals surface area contributed by atoms with Crippen LogP contribution in [0.25, 0.3) is 10.2 Å². The van der Waals surface area contributed by atoms with Crippen molar-refractivity contribution in [1.29, 1.82) is 0 Å². The molecule has 3 aromatic rings. The van der Waals surface area contributed by atoms with E-state index < -0.39 is 0 Å². The Labute approximate surface area is 173 Å². The van der Waals surface area contributed by atoms with Crippen molar-refractivity contribution in [3.8, 4) is 5.75 Å². The van der Waals surface area contributed by atoms with Crippen molar-refractivity contribution in [2.45, 2.75) is 12.8 Å². The first-order chi connectivity index (χ1) is 14.2. The fourth-order valence-electron chi connectivity index (χ4n) is 3.47. The number of hydrogen-bond acceptors (Lipinski definition) is 5. The van der Waals surface area contributed by atoms with Crippen molar-refractivity contribution < 1.29 is 14.3 Å². The van der Waals surface area contributed by atoms with E-state index in [0.29, 0.717) is 36.9 Å². The zero-order chi connectivity index (χ0) is 20.1. The van der Waals surface area contributed by atoms with Crippen LogP contribution in [0.3, 0.4) is 0 Å². The van der Waals surface area contributed by atoms with Crippen LogP contribution in [0.2, 0.25) is 0 Å². The molecule has 2 amide bonds. The minimum atomic E-state index is -0.0601. The van der Waals surface area contributed by atoms with E-state index in [2.05, 4.69) is 10.3 Å². The molecular formula is C22H23N3O3S. The highest BCUT2D eigenvalue weighted by molar-refractivity contribution is 7.16. The second kappa shape index (κ2) is 9.05. The van der Waals surface area contributed by atoms with E-state index in [9.17, 15) is 9.59 Å². The van der Waals surface area contributed by atoms with E-state index in [1.165, 1.54) is 11.3 Å². The number of piperidine rings is 1. The molecule has 0 radical (unpaired) electrons. The van der Waals surface area contributed by atoms with Crippen LogP contribution in [0, 0.1) is 5.92 Å². The molecule has 6 nitrogen and oxygen atoms in total. The second-order valence-electron chi connectivity index (χ2n) is 7.17. The van der Waals surface area contributed by atoms with Gasteiger partial charge in [0.05, 0.1) is 15.7 Å². The molecule has 0 unspecified atom stereocenters. The van der Waals surface area contributed by atoms with Crippen molar-refractivity contribution >= 4 is 33.4 Å². The van der Waals surface area contributed by atoms with E-state index in [1.807, 2.05) is 53.4 Å². The molecular weight excluding hydrogens is 386 g/mol. The molecule has 0 bridgehead atoms. The number of likely N-dealkylation sites (tertiary alicyclic amines) is 1. The predicted molar refractivity (Wildman–Crippen MR) is 113 cm³/mol. The summed E-state index contributed by atoms with van der Waals surface area (Å²) in [4.78, 5) is 30.9. The molecule has 2 aromatic carbocycles. The normalized spacial score (nSPS) is 14.7. The predicted octanol–water partition coefficient (Wildman–Crippen LogP) is 3.34. The highest BCUT2D eigenvalue weighted by Gasteiger charge is 2.23. The van der Waals surface area contributed by atoms with E-state index in [0.717, 1.165) is 23.1 Å². The van der Waals surface area contributed by atoms with Gasteiger partial charge in [-0.1, -0.05) is 18.2 Å². The van der Waals surface area contributed by atoms with Gasteiger partial charge in [0, 0.05) is 25.2 Å². The topological polar surface area (TPSA) is 71.5 Å². The molecule has 0 spiro atoms. The number of nitrogens with zero attached hydrogens (tertiary/aromatic N) is 2. The largest absolute Gasteiger partial charge is 0.484 e. The molecule has 0 aliphatic carbocycles. The van der Waals surface area contributed by atoms with E-state index in [4.69, 9.17) is 4.74 Å². The number of nitrogens with one attached hydrogen (secondary N) is 1. The summed E-state index contributed by atoms with van der Waals surface area (Å²) in [7, 11) is 0. The molecule has 0 atom stereocenters. The minimum Gasteiger partial charge on any atom is -0.484 e. The smallest absolute Gasteiger partial charge is 0.260 e. The number of rotatable bonds is 6. The van der Waals surface area contributed by atoms with Gasteiger partial charge in [-0.3, -0.25) is 9.59 Å². The average Bonchev–Trinajstić information content (AvgIpc) is 3.25. The Morgan fingerprint density at radius 3 is 2.72 bits per heavy atom. The SMILES string of the molecule is O=C(NCC1CCN(C(=O)COc2ccccc2)CC1)c1ccc2ncsc2c1. The minimum absolute atomic E-state index is 0.00852. The van der Waals surface area contributed by atoms with Gasteiger partial charge in [0.25, 0.3) is 11.8 Å². The van der Waals surface area contributed by atoms with Crippen LogP contribution >= 0.6 is 11.3 Å². The molecule has 1 fully saturated rings. The molecule has 1 aliphatic heterocycles. The first-order valence-corrected chi connectivity index (χ1v) is 10.6. The van der Waals surface area contributed by atoms with Gasteiger partial charge in [0.1, 0.15) is 5.75 Å². The Kier molecular flexibility index (Phi) is 6.05. The van der Waals surface area contributed by atoms with Crippen LogP contribution in [0.5, 0.6) is 5.75 Å². The molecule has 4 rings (SSSR count). The van der Waals surface area contributed by atoms with Crippen LogP contribution in [0.1, 0.15) is 23.2 Å². The van der Waals surface area contributed by atoms with E-state index in [-0.39, 0.29) is 18.4 Å². The Morgan fingerprint density at radius 1 is 1.14 bits per heavy atom. The first kappa shape index (κ1) is 19.4. The number of carbonyl (C=O) groups is 2. The average molecular weight is 410 g/mol. The summed E-state index contributed by atoms with van der Waals surface area (Å²) in [6.07, 6.45) is 1.76. The Morgan fingerprint density at radius 2 is 1.93 bits per heavy atom. The molecule has 2 heterocycles. The third-order valence-electron chi connectivity index (χ3n) is 5.22. The van der Waals surface area contributed by atoms with Crippen molar-refractivity contribution in [2.24, 2.45) is 5.92 Å². The number of hydrogen-bond donors (Lipinski definition) is 1. The summed E-state index contributed by atoms with van der Waals surface area (Å²) < 4.78 is 6.56. The number of benzene rings is 2. The third kappa shape index (κ3) is 4.92. The molecule has 1 saturated heterocycles. The van der Waals surface area contributed by atoms with Gasteiger partial charge in [-0.05, 0) is 49.1 Å². The van der Waals surface area contributed by atoms with E-state index in [1.54, 1.807) is 5.51 Å². The summed E-state index contributed by atoms with van der Waals surface area (Å²) in [5, 5.41) is 3.03. The monoisotopic (exact) mass is 409 g/mol. The molecule has 1 aliphatic rings. The number of amides is 2. The summed E-state index contributed by atoms with van der Waals surface area (Å²) in [6.45, 7) is 2.09. The Balaban J connectivity index is 1.20. The molecule has 0 saturated carbocycles. The van der Waals surface area contributed by atoms with Gasteiger partial charge in [0.2, 0.25) is 0 Å². The van der Waals surface area contributed by atoms with Crippen LogP contribution in [-0.4, -0.2) is 47.9 Å². The second-order valence-corrected chi connectivity index (χ2v) is 8.06.